The van der Waals surface area contributed by atoms with Gasteiger partial charge < -0.3 is 14.5 Å². The van der Waals surface area contributed by atoms with Crippen LogP contribution in [0.15, 0.2) is 47.1 Å². The number of hydrogen-bond acceptors (Lipinski definition) is 3. The predicted octanol–water partition coefficient (Wildman–Crippen LogP) is 2.76. The first kappa shape index (κ1) is 12.9. The van der Waals surface area contributed by atoms with Gasteiger partial charge in [-0.25, -0.2) is 0 Å². The molecule has 1 aromatic carbocycles. The van der Waals surface area contributed by atoms with Crippen molar-refractivity contribution in [1.82, 2.24) is 5.32 Å². The first-order valence-corrected chi connectivity index (χ1v) is 6.21. The highest BCUT2D eigenvalue weighted by Crippen LogP contribution is 2.11. The summed E-state index contributed by atoms with van der Waals surface area (Å²) in [6.45, 7) is 2.06. The van der Waals surface area contributed by atoms with E-state index in [4.69, 9.17) is 9.15 Å². The molecule has 0 radical (unpaired) electrons. The van der Waals surface area contributed by atoms with E-state index in [-0.39, 0.29) is 0 Å². The fraction of sp³-hybridized carbons (Fsp3) is 0.333. The molecule has 1 N–H and O–H groups in total. The second kappa shape index (κ2) is 6.99. The van der Waals surface area contributed by atoms with Crippen molar-refractivity contribution in [3.8, 4) is 0 Å². The van der Waals surface area contributed by atoms with Gasteiger partial charge in [-0.15, -0.1) is 0 Å². The highest BCUT2D eigenvalue weighted by molar-refractivity contribution is 5.16. The van der Waals surface area contributed by atoms with E-state index in [9.17, 15) is 0 Å². The predicted molar refractivity (Wildman–Crippen MR) is 71.3 cm³/mol. The molecule has 2 aromatic rings. The van der Waals surface area contributed by atoms with Crippen LogP contribution < -0.4 is 5.32 Å². The summed E-state index contributed by atoms with van der Waals surface area (Å²) in [5, 5.41) is 3.11. The van der Waals surface area contributed by atoms with Crippen LogP contribution in [-0.4, -0.2) is 13.7 Å². The van der Waals surface area contributed by atoms with Gasteiger partial charge in [-0.3, -0.25) is 0 Å². The fourth-order valence-corrected chi connectivity index (χ4v) is 1.84. The van der Waals surface area contributed by atoms with Crippen molar-refractivity contribution in [2.75, 3.05) is 13.7 Å². The van der Waals surface area contributed by atoms with Crippen LogP contribution in [0, 0.1) is 0 Å². The molecule has 0 aliphatic carbocycles. The summed E-state index contributed by atoms with van der Waals surface area (Å²) >= 11 is 0. The molecule has 18 heavy (non-hydrogen) atoms. The lowest BCUT2D eigenvalue weighted by Crippen LogP contribution is -2.07. The van der Waals surface area contributed by atoms with Crippen LogP contribution in [0.2, 0.25) is 0 Å². The van der Waals surface area contributed by atoms with Gasteiger partial charge in [0.2, 0.25) is 0 Å². The van der Waals surface area contributed by atoms with Crippen molar-refractivity contribution < 1.29 is 9.15 Å². The fourth-order valence-electron chi connectivity index (χ4n) is 1.84. The van der Waals surface area contributed by atoms with Crippen molar-refractivity contribution in [2.45, 2.75) is 19.6 Å². The SMILES string of the molecule is CNCc1ccoc1COCCc1ccccc1. The van der Waals surface area contributed by atoms with Gasteiger partial charge in [0.15, 0.2) is 0 Å². The first-order chi connectivity index (χ1) is 8.90. The Labute approximate surface area is 108 Å². The second-order valence-electron chi connectivity index (χ2n) is 4.19. The Kier molecular flexibility index (Phi) is 5.00. The minimum absolute atomic E-state index is 0.539. The van der Waals surface area contributed by atoms with Crippen LogP contribution in [0.25, 0.3) is 0 Å². The lowest BCUT2D eigenvalue weighted by atomic mass is 10.2. The van der Waals surface area contributed by atoms with Gasteiger partial charge in [0.1, 0.15) is 12.4 Å². The van der Waals surface area contributed by atoms with Gasteiger partial charge in [0.25, 0.3) is 0 Å². The van der Waals surface area contributed by atoms with E-state index in [1.807, 2.05) is 31.3 Å². The third kappa shape index (κ3) is 3.72. The van der Waals surface area contributed by atoms with E-state index < -0.39 is 0 Å². The van der Waals surface area contributed by atoms with Crippen LogP contribution >= 0.6 is 0 Å². The molecule has 1 heterocycles. The van der Waals surface area contributed by atoms with Crippen molar-refractivity contribution in [3.63, 3.8) is 0 Å². The zero-order valence-electron chi connectivity index (χ0n) is 10.7. The first-order valence-electron chi connectivity index (χ1n) is 6.21. The Hall–Kier alpha value is -1.58. The highest BCUT2D eigenvalue weighted by atomic mass is 16.5. The largest absolute Gasteiger partial charge is 0.467 e. The quantitative estimate of drug-likeness (QED) is 0.762. The third-order valence-corrected chi connectivity index (χ3v) is 2.82. The zero-order chi connectivity index (χ0) is 12.6. The van der Waals surface area contributed by atoms with Gasteiger partial charge in [-0.2, -0.15) is 0 Å². The molecule has 3 nitrogen and oxygen atoms in total. The Bertz CT molecular complexity index is 451. The Morgan fingerprint density at radius 1 is 1.17 bits per heavy atom. The number of hydrogen-bond donors (Lipinski definition) is 1. The average molecular weight is 245 g/mol. The molecule has 0 spiro atoms. The number of furan rings is 1. The Balaban J connectivity index is 1.73. The molecule has 0 bridgehead atoms. The van der Waals surface area contributed by atoms with Gasteiger partial charge >= 0.3 is 0 Å². The van der Waals surface area contributed by atoms with Crippen molar-refractivity contribution in [2.24, 2.45) is 0 Å². The molecule has 0 saturated carbocycles. The van der Waals surface area contributed by atoms with E-state index >= 15 is 0 Å². The second-order valence-corrected chi connectivity index (χ2v) is 4.19. The molecule has 3 heteroatoms. The monoisotopic (exact) mass is 245 g/mol. The minimum atomic E-state index is 0.539. The Morgan fingerprint density at radius 2 is 2.00 bits per heavy atom. The van der Waals surface area contributed by atoms with Crippen molar-refractivity contribution in [1.29, 1.82) is 0 Å². The summed E-state index contributed by atoms with van der Waals surface area (Å²) in [5.41, 5.74) is 2.46. The maximum absolute atomic E-state index is 5.65. The molecular weight excluding hydrogens is 226 g/mol. The number of nitrogens with one attached hydrogen (secondary N) is 1. The van der Waals surface area contributed by atoms with E-state index in [2.05, 4.69) is 17.4 Å². The lowest BCUT2D eigenvalue weighted by Gasteiger charge is -2.04. The topological polar surface area (TPSA) is 34.4 Å². The molecule has 0 unspecified atom stereocenters. The van der Waals surface area contributed by atoms with Crippen molar-refractivity contribution in [3.05, 3.63) is 59.5 Å². The molecule has 0 aliphatic heterocycles. The molecule has 0 aliphatic rings. The molecule has 96 valence electrons. The van der Waals surface area contributed by atoms with Crippen molar-refractivity contribution >= 4 is 0 Å². The molecule has 2 rings (SSSR count). The van der Waals surface area contributed by atoms with E-state index in [0.717, 1.165) is 24.3 Å². The van der Waals surface area contributed by atoms with Crippen LogP contribution in [0.3, 0.4) is 0 Å². The molecule has 0 saturated heterocycles. The molecule has 0 atom stereocenters. The van der Waals surface area contributed by atoms with Gasteiger partial charge in [0, 0.05) is 12.1 Å². The zero-order valence-corrected chi connectivity index (χ0v) is 10.7. The standard InChI is InChI=1S/C15H19NO2/c1-16-11-14-8-10-18-15(14)12-17-9-7-13-5-3-2-4-6-13/h2-6,8,10,16H,7,9,11-12H2,1H3. The summed E-state index contributed by atoms with van der Waals surface area (Å²) in [4.78, 5) is 0. The van der Waals surface area contributed by atoms with Crippen LogP contribution in [0.4, 0.5) is 0 Å². The maximum atomic E-state index is 5.65. The normalized spacial score (nSPS) is 10.7. The Morgan fingerprint density at radius 3 is 2.78 bits per heavy atom. The molecule has 0 fully saturated rings. The van der Waals surface area contributed by atoms with Crippen LogP contribution in [0.1, 0.15) is 16.9 Å². The number of benzene rings is 1. The third-order valence-electron chi connectivity index (χ3n) is 2.82. The molecule has 1 aromatic heterocycles. The molecule has 0 amide bonds. The van der Waals surface area contributed by atoms with E-state index in [1.54, 1.807) is 6.26 Å². The molecular formula is C15H19NO2. The van der Waals surface area contributed by atoms with E-state index in [1.165, 1.54) is 5.56 Å². The van der Waals surface area contributed by atoms with Crippen LogP contribution in [0.5, 0.6) is 0 Å². The smallest absolute Gasteiger partial charge is 0.133 e. The van der Waals surface area contributed by atoms with Gasteiger partial charge in [-0.05, 0) is 25.1 Å². The average Bonchev–Trinajstić information content (AvgIpc) is 2.84. The summed E-state index contributed by atoms with van der Waals surface area (Å²) in [6, 6.07) is 12.3. The summed E-state index contributed by atoms with van der Waals surface area (Å²) < 4.78 is 11.1. The number of rotatable bonds is 7. The van der Waals surface area contributed by atoms with Gasteiger partial charge in [-0.1, -0.05) is 30.3 Å². The highest BCUT2D eigenvalue weighted by Gasteiger charge is 2.05. The van der Waals surface area contributed by atoms with Gasteiger partial charge in [0.05, 0.1) is 12.9 Å². The van der Waals surface area contributed by atoms with E-state index in [0.29, 0.717) is 13.2 Å². The summed E-state index contributed by atoms with van der Waals surface area (Å²) in [6.07, 6.45) is 2.64. The lowest BCUT2D eigenvalue weighted by molar-refractivity contribution is 0.108. The van der Waals surface area contributed by atoms with Crippen LogP contribution in [-0.2, 0) is 24.3 Å². The number of ether oxygens (including phenoxy) is 1. The summed E-state index contributed by atoms with van der Waals surface area (Å²) in [5.74, 6) is 0.914. The summed E-state index contributed by atoms with van der Waals surface area (Å²) in [7, 11) is 1.92. The minimum Gasteiger partial charge on any atom is -0.467 e. The maximum Gasteiger partial charge on any atom is 0.133 e.